The first-order valence-electron chi connectivity index (χ1n) is 18.2. The Hall–Kier alpha value is -7.15. The van der Waals surface area contributed by atoms with E-state index in [9.17, 15) is 0 Å². The standard InChI is InChI=1S/C49H31N5S/c1-5-13-33(14-6-1)42-31-43(51-46(50-42)35-15-7-2-8-16-35)34-23-21-32(22-24-34)38-25-27-40-41-29-39(26-28-44(41)55-45(40)30-38)49-53-47(36-17-9-3-10-18-36)52-48(54-49)37-19-11-4-12-20-37/h1-31H. The third kappa shape index (κ3) is 6.45. The molecule has 0 N–H and O–H groups in total. The fraction of sp³-hybridized carbons (Fsp3) is 0. The van der Waals surface area contributed by atoms with E-state index in [1.807, 2.05) is 97.1 Å². The summed E-state index contributed by atoms with van der Waals surface area (Å²) in [5, 5.41) is 2.40. The fourth-order valence-electron chi connectivity index (χ4n) is 6.94. The van der Waals surface area contributed by atoms with Crippen molar-refractivity contribution in [3.63, 3.8) is 0 Å². The zero-order valence-corrected chi connectivity index (χ0v) is 30.4. The van der Waals surface area contributed by atoms with Crippen LogP contribution in [0.3, 0.4) is 0 Å². The Kier molecular flexibility index (Phi) is 8.28. The van der Waals surface area contributed by atoms with Crippen LogP contribution in [0.25, 0.3) is 99.4 Å². The summed E-state index contributed by atoms with van der Waals surface area (Å²) in [6.45, 7) is 0. The maximum absolute atomic E-state index is 5.01. The lowest BCUT2D eigenvalue weighted by Gasteiger charge is -2.10. The van der Waals surface area contributed by atoms with Crippen LogP contribution in [0.15, 0.2) is 188 Å². The van der Waals surface area contributed by atoms with Gasteiger partial charge < -0.3 is 0 Å². The van der Waals surface area contributed by atoms with E-state index < -0.39 is 0 Å². The van der Waals surface area contributed by atoms with E-state index in [2.05, 4.69) is 91.0 Å². The molecule has 0 aliphatic heterocycles. The van der Waals surface area contributed by atoms with E-state index >= 15 is 0 Å². The van der Waals surface area contributed by atoms with Crippen LogP contribution in [0.2, 0.25) is 0 Å². The lowest BCUT2D eigenvalue weighted by molar-refractivity contribution is 1.07. The molecule has 10 rings (SSSR count). The first kappa shape index (κ1) is 32.5. The van der Waals surface area contributed by atoms with Gasteiger partial charge in [-0.05, 0) is 41.5 Å². The van der Waals surface area contributed by atoms with Crippen molar-refractivity contribution in [1.29, 1.82) is 0 Å². The molecule has 0 saturated carbocycles. The molecule has 0 aliphatic rings. The number of hydrogen-bond donors (Lipinski definition) is 0. The normalized spacial score (nSPS) is 11.3. The van der Waals surface area contributed by atoms with Crippen molar-refractivity contribution >= 4 is 31.5 Å². The number of benzene rings is 7. The molecule has 6 heteroatoms. The van der Waals surface area contributed by atoms with E-state index in [0.29, 0.717) is 23.3 Å². The summed E-state index contributed by atoms with van der Waals surface area (Å²) in [5.74, 6) is 2.68. The summed E-state index contributed by atoms with van der Waals surface area (Å²) >= 11 is 1.80. The molecule has 0 bridgehead atoms. The van der Waals surface area contributed by atoms with Crippen molar-refractivity contribution in [3.8, 4) is 79.2 Å². The minimum Gasteiger partial charge on any atom is -0.228 e. The zero-order chi connectivity index (χ0) is 36.6. The molecule has 0 fully saturated rings. The molecule has 5 nitrogen and oxygen atoms in total. The summed E-state index contributed by atoms with van der Waals surface area (Å²) in [7, 11) is 0. The van der Waals surface area contributed by atoms with Crippen molar-refractivity contribution in [2.45, 2.75) is 0 Å². The Balaban J connectivity index is 0.994. The highest BCUT2D eigenvalue weighted by molar-refractivity contribution is 7.25. The van der Waals surface area contributed by atoms with E-state index in [-0.39, 0.29) is 0 Å². The first-order chi connectivity index (χ1) is 27.2. The van der Waals surface area contributed by atoms with Gasteiger partial charge in [0.2, 0.25) is 0 Å². The predicted molar refractivity (Wildman–Crippen MR) is 226 cm³/mol. The lowest BCUT2D eigenvalue weighted by Crippen LogP contribution is -2.00. The number of rotatable bonds is 7. The van der Waals surface area contributed by atoms with Crippen LogP contribution in [0, 0.1) is 0 Å². The van der Waals surface area contributed by atoms with Gasteiger partial charge in [0.1, 0.15) is 0 Å². The van der Waals surface area contributed by atoms with E-state index in [0.717, 1.165) is 50.3 Å². The summed E-state index contributed by atoms with van der Waals surface area (Å²) in [6.07, 6.45) is 0. The van der Waals surface area contributed by atoms with E-state index in [4.69, 9.17) is 24.9 Å². The highest BCUT2D eigenvalue weighted by atomic mass is 32.1. The topological polar surface area (TPSA) is 64.5 Å². The molecule has 0 aliphatic carbocycles. The molecule has 258 valence electrons. The Morgan fingerprint density at radius 2 is 0.673 bits per heavy atom. The van der Waals surface area contributed by atoms with Crippen LogP contribution in [0.4, 0.5) is 0 Å². The summed E-state index contributed by atoms with van der Waals surface area (Å²) in [4.78, 5) is 24.8. The van der Waals surface area contributed by atoms with Gasteiger partial charge in [-0.15, -0.1) is 11.3 Å². The van der Waals surface area contributed by atoms with Gasteiger partial charge in [-0.25, -0.2) is 24.9 Å². The fourth-order valence-corrected chi connectivity index (χ4v) is 8.06. The zero-order valence-electron chi connectivity index (χ0n) is 29.5. The largest absolute Gasteiger partial charge is 0.228 e. The van der Waals surface area contributed by atoms with Crippen LogP contribution in [-0.2, 0) is 0 Å². The van der Waals surface area contributed by atoms with Gasteiger partial charge in [-0.1, -0.05) is 158 Å². The molecule has 0 saturated heterocycles. The molecule has 55 heavy (non-hydrogen) atoms. The predicted octanol–water partition coefficient (Wildman–Crippen LogP) is 12.7. The second-order valence-corrected chi connectivity index (χ2v) is 14.4. The summed E-state index contributed by atoms with van der Waals surface area (Å²) in [6, 6.07) is 64.7. The molecule has 0 atom stereocenters. The number of thiophene rings is 1. The van der Waals surface area contributed by atoms with Gasteiger partial charge in [0.05, 0.1) is 11.4 Å². The molecule has 10 aromatic rings. The second-order valence-electron chi connectivity index (χ2n) is 13.3. The third-order valence-electron chi connectivity index (χ3n) is 9.77. The molecule has 3 heterocycles. The SMILES string of the molecule is c1ccc(-c2cc(-c3ccc(-c4ccc5c(c4)sc4ccc(-c6nc(-c7ccccc7)nc(-c7ccccc7)n6)cc45)cc3)nc(-c3ccccc3)n2)cc1. The molecule has 0 radical (unpaired) electrons. The molecular weight excluding hydrogens is 691 g/mol. The average molecular weight is 722 g/mol. The maximum atomic E-state index is 5.01. The second kappa shape index (κ2) is 14.0. The molecule has 0 unspecified atom stereocenters. The quantitative estimate of drug-likeness (QED) is 0.164. The van der Waals surface area contributed by atoms with Gasteiger partial charge in [-0.3, -0.25) is 0 Å². The average Bonchev–Trinajstić information content (AvgIpc) is 3.64. The first-order valence-corrected chi connectivity index (χ1v) is 19.0. The van der Waals surface area contributed by atoms with Crippen molar-refractivity contribution in [3.05, 3.63) is 188 Å². The minimum atomic E-state index is 0.654. The Morgan fingerprint density at radius 3 is 1.22 bits per heavy atom. The van der Waals surface area contributed by atoms with Gasteiger partial charge in [0.25, 0.3) is 0 Å². The third-order valence-corrected chi connectivity index (χ3v) is 10.9. The maximum Gasteiger partial charge on any atom is 0.164 e. The van der Waals surface area contributed by atoms with Crippen molar-refractivity contribution < 1.29 is 0 Å². The van der Waals surface area contributed by atoms with Gasteiger partial charge >= 0.3 is 0 Å². The number of aromatic nitrogens is 5. The van der Waals surface area contributed by atoms with Crippen LogP contribution < -0.4 is 0 Å². The lowest BCUT2D eigenvalue weighted by atomic mass is 10.0. The highest BCUT2D eigenvalue weighted by Crippen LogP contribution is 2.39. The van der Waals surface area contributed by atoms with Crippen molar-refractivity contribution in [1.82, 2.24) is 24.9 Å². The smallest absolute Gasteiger partial charge is 0.164 e. The summed E-state index contributed by atoms with van der Waals surface area (Å²) < 4.78 is 2.45. The Bertz CT molecular complexity index is 2830. The molecule has 3 aromatic heterocycles. The molecule has 7 aromatic carbocycles. The number of fused-ring (bicyclic) bond motifs is 3. The summed E-state index contributed by atoms with van der Waals surface area (Å²) in [5.41, 5.74) is 10.1. The van der Waals surface area contributed by atoms with Crippen LogP contribution in [0.1, 0.15) is 0 Å². The monoisotopic (exact) mass is 721 g/mol. The number of hydrogen-bond acceptors (Lipinski definition) is 6. The molecule has 0 amide bonds. The minimum absolute atomic E-state index is 0.654. The Labute approximate surface area is 322 Å². The van der Waals surface area contributed by atoms with Crippen molar-refractivity contribution in [2.24, 2.45) is 0 Å². The van der Waals surface area contributed by atoms with E-state index in [1.54, 1.807) is 11.3 Å². The molecular formula is C49H31N5S. The Morgan fingerprint density at radius 1 is 0.255 bits per heavy atom. The van der Waals surface area contributed by atoms with E-state index in [1.165, 1.54) is 25.7 Å². The van der Waals surface area contributed by atoms with Gasteiger partial charge in [0, 0.05) is 53.6 Å². The van der Waals surface area contributed by atoms with Crippen molar-refractivity contribution in [2.75, 3.05) is 0 Å². The molecule has 0 spiro atoms. The van der Waals surface area contributed by atoms with Gasteiger partial charge in [0.15, 0.2) is 23.3 Å². The van der Waals surface area contributed by atoms with Crippen LogP contribution in [0.5, 0.6) is 0 Å². The van der Waals surface area contributed by atoms with Gasteiger partial charge in [-0.2, -0.15) is 0 Å². The number of nitrogens with zero attached hydrogens (tertiary/aromatic N) is 5. The van der Waals surface area contributed by atoms with Crippen LogP contribution in [-0.4, -0.2) is 24.9 Å². The van der Waals surface area contributed by atoms with Crippen LogP contribution >= 0.6 is 11.3 Å². The highest BCUT2D eigenvalue weighted by Gasteiger charge is 2.15.